The van der Waals surface area contributed by atoms with Gasteiger partial charge in [0.25, 0.3) is 5.69 Å². The van der Waals surface area contributed by atoms with Gasteiger partial charge in [0.2, 0.25) is 0 Å². The third-order valence-corrected chi connectivity index (χ3v) is 6.17. The van der Waals surface area contributed by atoms with Crippen molar-refractivity contribution in [3.63, 3.8) is 0 Å². The van der Waals surface area contributed by atoms with Crippen molar-refractivity contribution in [3.05, 3.63) is 129 Å². The molecule has 0 saturated carbocycles. The number of pyridine rings is 1. The molecule has 1 aromatic heterocycles. The summed E-state index contributed by atoms with van der Waals surface area (Å²) in [5, 5.41) is 24.8. The minimum atomic E-state index is -4.74. The van der Waals surface area contributed by atoms with Crippen molar-refractivity contribution in [2.45, 2.75) is 19.3 Å². The molecule has 238 valence electrons. The van der Waals surface area contributed by atoms with E-state index in [-0.39, 0.29) is 29.1 Å². The number of alkyl halides is 6. The van der Waals surface area contributed by atoms with Crippen LogP contribution in [0.1, 0.15) is 43.1 Å². The number of rotatable bonds is 9. The molecule has 1 heterocycles. The largest absolute Gasteiger partial charge is 0.418 e. The lowest BCUT2D eigenvalue weighted by Crippen LogP contribution is -2.17. The SMILES string of the molecule is Cc1ccc(NCC(=O)c2ccccn2)c([N+](=O)[O-])c1.N#Cc1ccc(NCC(=O)c2ccc(C(F)(F)F)cc2)c(C(F)(F)F)c1. The molecular formula is C31H23F6N5O4. The molecule has 9 nitrogen and oxygen atoms in total. The van der Waals surface area contributed by atoms with Gasteiger partial charge in [-0.15, -0.1) is 0 Å². The van der Waals surface area contributed by atoms with E-state index in [2.05, 4.69) is 15.6 Å². The molecule has 0 aliphatic rings. The number of hydrogen-bond acceptors (Lipinski definition) is 8. The lowest BCUT2D eigenvalue weighted by molar-refractivity contribution is -0.384. The Kier molecular flexibility index (Phi) is 11.2. The maximum absolute atomic E-state index is 13.0. The van der Waals surface area contributed by atoms with E-state index in [4.69, 9.17) is 5.26 Å². The van der Waals surface area contributed by atoms with E-state index >= 15 is 0 Å². The van der Waals surface area contributed by atoms with E-state index < -0.39 is 46.4 Å². The van der Waals surface area contributed by atoms with Crippen molar-refractivity contribution in [1.82, 2.24) is 4.98 Å². The summed E-state index contributed by atoms with van der Waals surface area (Å²) < 4.78 is 76.5. The van der Waals surface area contributed by atoms with Crippen molar-refractivity contribution in [2.24, 2.45) is 0 Å². The number of carbonyl (C=O) groups excluding carboxylic acids is 2. The van der Waals surface area contributed by atoms with E-state index in [1.807, 2.05) is 0 Å². The molecule has 4 rings (SSSR count). The quantitative estimate of drug-likeness (QED) is 0.0829. The molecule has 0 unspecified atom stereocenters. The van der Waals surface area contributed by atoms with E-state index in [9.17, 15) is 46.0 Å². The fourth-order valence-corrected chi connectivity index (χ4v) is 3.86. The van der Waals surface area contributed by atoms with Gasteiger partial charge in [-0.2, -0.15) is 31.6 Å². The van der Waals surface area contributed by atoms with Gasteiger partial charge in [0, 0.05) is 23.5 Å². The number of aryl methyl sites for hydroxylation is 1. The summed E-state index contributed by atoms with van der Waals surface area (Å²) in [4.78, 5) is 38.3. The Balaban J connectivity index is 0.000000259. The predicted octanol–water partition coefficient (Wildman–Crippen LogP) is 7.48. The Hall–Kier alpha value is -5.78. The van der Waals surface area contributed by atoms with Crippen molar-refractivity contribution >= 4 is 28.6 Å². The molecule has 0 aliphatic heterocycles. The summed E-state index contributed by atoms with van der Waals surface area (Å²) >= 11 is 0. The minimum Gasteiger partial charge on any atom is -0.377 e. The first-order valence-electron chi connectivity index (χ1n) is 13.1. The second kappa shape index (κ2) is 14.8. The average Bonchev–Trinajstić information content (AvgIpc) is 3.02. The van der Waals surface area contributed by atoms with Crippen LogP contribution < -0.4 is 10.6 Å². The van der Waals surface area contributed by atoms with E-state index in [1.165, 1.54) is 12.3 Å². The van der Waals surface area contributed by atoms with Crippen LogP contribution in [-0.4, -0.2) is 34.6 Å². The van der Waals surface area contributed by atoms with Crippen LogP contribution in [0.2, 0.25) is 0 Å². The zero-order valence-corrected chi connectivity index (χ0v) is 23.7. The number of nitro groups is 1. The Morgan fingerprint density at radius 1 is 0.848 bits per heavy atom. The molecule has 0 bridgehead atoms. The number of nitrogens with one attached hydrogen (secondary N) is 2. The number of nitro benzene ring substituents is 1. The predicted molar refractivity (Wildman–Crippen MR) is 155 cm³/mol. The number of nitrogens with zero attached hydrogens (tertiary/aromatic N) is 3. The molecule has 0 aliphatic carbocycles. The molecular weight excluding hydrogens is 620 g/mol. The van der Waals surface area contributed by atoms with Crippen molar-refractivity contribution in [2.75, 3.05) is 23.7 Å². The summed E-state index contributed by atoms with van der Waals surface area (Å²) in [6.45, 7) is 1.18. The highest BCUT2D eigenvalue weighted by Gasteiger charge is 2.34. The van der Waals surface area contributed by atoms with Crippen LogP contribution in [0.3, 0.4) is 0 Å². The molecule has 0 amide bonds. The number of ketones is 2. The van der Waals surface area contributed by atoms with Gasteiger partial charge in [0.05, 0.1) is 40.8 Å². The van der Waals surface area contributed by atoms with Gasteiger partial charge in [-0.05, 0) is 61.0 Å². The van der Waals surface area contributed by atoms with E-state index in [1.54, 1.807) is 43.3 Å². The van der Waals surface area contributed by atoms with Crippen LogP contribution in [0.5, 0.6) is 0 Å². The second-order valence-corrected chi connectivity index (χ2v) is 9.49. The Labute approximate surface area is 257 Å². The van der Waals surface area contributed by atoms with Gasteiger partial charge in [-0.25, -0.2) is 0 Å². The number of halogens is 6. The Morgan fingerprint density at radius 2 is 1.48 bits per heavy atom. The van der Waals surface area contributed by atoms with Crippen LogP contribution >= 0.6 is 0 Å². The highest BCUT2D eigenvalue weighted by molar-refractivity contribution is 5.99. The smallest absolute Gasteiger partial charge is 0.377 e. The first kappa shape index (κ1) is 34.7. The van der Waals surface area contributed by atoms with Gasteiger partial charge in [0.1, 0.15) is 11.4 Å². The third-order valence-electron chi connectivity index (χ3n) is 6.17. The summed E-state index contributed by atoms with van der Waals surface area (Å²) in [6.07, 6.45) is -7.77. The lowest BCUT2D eigenvalue weighted by atomic mass is 10.1. The fourth-order valence-electron chi connectivity index (χ4n) is 3.86. The molecule has 0 spiro atoms. The standard InChI is InChI=1S/C17H10F6N2O.C14H13N3O3/c18-16(19,20)12-4-2-11(3-5-12)15(26)9-25-14-6-1-10(8-24)7-13(14)17(21,22)23;1-10-5-6-11(13(8-10)17(19)20)16-9-14(18)12-4-2-3-7-15-12/h1-7,25H,9H2;2-8,16H,9H2,1H3. The van der Waals surface area contributed by atoms with E-state index in [0.717, 1.165) is 42.0 Å². The number of carbonyl (C=O) groups is 2. The number of anilines is 2. The third kappa shape index (κ3) is 9.61. The van der Waals surface area contributed by atoms with Crippen LogP contribution in [-0.2, 0) is 12.4 Å². The van der Waals surface area contributed by atoms with Crippen molar-refractivity contribution in [1.29, 1.82) is 5.26 Å². The molecule has 4 aromatic rings. The van der Waals surface area contributed by atoms with E-state index in [0.29, 0.717) is 17.4 Å². The normalized spacial score (nSPS) is 11.0. The highest BCUT2D eigenvalue weighted by Crippen LogP contribution is 2.35. The van der Waals surface area contributed by atoms with Gasteiger partial charge >= 0.3 is 12.4 Å². The monoisotopic (exact) mass is 643 g/mol. The maximum atomic E-state index is 13.0. The molecule has 2 N–H and O–H groups in total. The number of Topliss-reactive ketones (excluding diaryl/α,β-unsaturated/α-hetero) is 2. The summed E-state index contributed by atoms with van der Waals surface area (Å²) in [5.41, 5.74) is -1.33. The highest BCUT2D eigenvalue weighted by atomic mass is 19.4. The topological polar surface area (TPSA) is 138 Å². The molecule has 15 heteroatoms. The van der Waals surface area contributed by atoms with Crippen LogP contribution in [0, 0.1) is 28.4 Å². The molecule has 0 fully saturated rings. The average molecular weight is 644 g/mol. The van der Waals surface area contributed by atoms with Gasteiger partial charge in [-0.3, -0.25) is 24.7 Å². The first-order valence-corrected chi connectivity index (χ1v) is 13.1. The molecule has 0 radical (unpaired) electrons. The Morgan fingerprint density at radius 3 is 2.04 bits per heavy atom. The molecule has 46 heavy (non-hydrogen) atoms. The summed E-state index contributed by atoms with van der Waals surface area (Å²) in [5.74, 6) is -0.906. The van der Waals surface area contributed by atoms with Crippen LogP contribution in [0.25, 0.3) is 0 Å². The lowest BCUT2D eigenvalue weighted by Gasteiger charge is -2.14. The molecule has 0 atom stereocenters. The summed E-state index contributed by atoms with van der Waals surface area (Å²) in [7, 11) is 0. The van der Waals surface area contributed by atoms with Gasteiger partial charge in [0.15, 0.2) is 11.6 Å². The van der Waals surface area contributed by atoms with Gasteiger partial charge in [-0.1, -0.05) is 24.3 Å². The molecule has 0 saturated heterocycles. The van der Waals surface area contributed by atoms with Crippen LogP contribution in [0.4, 0.5) is 43.4 Å². The number of hydrogen-bond donors (Lipinski definition) is 2. The zero-order valence-electron chi connectivity index (χ0n) is 23.7. The van der Waals surface area contributed by atoms with Crippen LogP contribution in [0.15, 0.2) is 85.1 Å². The fraction of sp³-hybridized carbons (Fsp3) is 0.161. The minimum absolute atomic E-state index is 0.0408. The number of aromatic nitrogens is 1. The zero-order chi connectivity index (χ0) is 34.1. The van der Waals surface area contributed by atoms with Gasteiger partial charge < -0.3 is 10.6 Å². The summed E-state index contributed by atoms with van der Waals surface area (Å²) in [6, 6.07) is 17.6. The maximum Gasteiger partial charge on any atom is 0.418 e. The second-order valence-electron chi connectivity index (χ2n) is 9.49. The first-order chi connectivity index (χ1) is 21.6. The number of nitriles is 1. The molecule has 3 aromatic carbocycles. The van der Waals surface area contributed by atoms with Crippen molar-refractivity contribution < 1.29 is 40.9 Å². The number of benzene rings is 3. The van der Waals surface area contributed by atoms with Crippen molar-refractivity contribution in [3.8, 4) is 6.07 Å². The Bertz CT molecular complexity index is 1750.